The number of nitrogens with one attached hydrogen (secondary N) is 2. The number of aromatic nitrogens is 3. The maximum Gasteiger partial charge on any atom is 0.252 e. The summed E-state index contributed by atoms with van der Waals surface area (Å²) < 4.78 is 6.50. The molecule has 2 N–H and O–H groups in total. The van der Waals surface area contributed by atoms with E-state index in [1.54, 1.807) is 13.2 Å². The average molecular weight is 513 g/mol. The molecule has 3 aromatic carbocycles. The molecule has 0 saturated carbocycles. The van der Waals surface area contributed by atoms with Crippen LogP contribution in [-0.4, -0.2) is 28.2 Å². The quantitative estimate of drug-likeness (QED) is 0.292. The van der Waals surface area contributed by atoms with Crippen molar-refractivity contribution in [2.45, 2.75) is 6.54 Å². The number of amides is 1. The molecule has 1 amide bonds. The van der Waals surface area contributed by atoms with Crippen LogP contribution in [0, 0.1) is 0 Å². The summed E-state index contributed by atoms with van der Waals surface area (Å²) in [5, 5.41) is 11.3. The standard InChI is InChI=1S/C27H21BrN4O2/c1-34-23-10-6-5-9-20(23)22-15-21(27(33)29-16-17-7-3-2-4-8-17)24-25(31-32-26(24)30-22)18-11-13-19(28)14-12-18/h2-15H,16H2,1H3,(H,29,33)(H,30,31,32). The maximum atomic E-state index is 13.5. The van der Waals surface area contributed by atoms with Gasteiger partial charge in [-0.25, -0.2) is 4.98 Å². The van der Waals surface area contributed by atoms with E-state index in [1.165, 1.54) is 0 Å². The molecule has 7 heteroatoms. The lowest BCUT2D eigenvalue weighted by Gasteiger charge is -2.12. The fourth-order valence-corrected chi connectivity index (χ4v) is 4.16. The van der Waals surface area contributed by atoms with Crippen molar-refractivity contribution in [3.8, 4) is 28.3 Å². The van der Waals surface area contributed by atoms with Crippen LogP contribution in [-0.2, 0) is 6.54 Å². The number of carbonyl (C=O) groups excluding carboxylic acids is 1. The predicted octanol–water partition coefficient (Wildman–Crippen LogP) is 5.99. The molecule has 0 fully saturated rings. The van der Waals surface area contributed by atoms with Crippen molar-refractivity contribution in [2.24, 2.45) is 0 Å². The van der Waals surface area contributed by atoms with E-state index in [0.717, 1.165) is 26.9 Å². The van der Waals surface area contributed by atoms with Gasteiger partial charge in [-0.15, -0.1) is 0 Å². The maximum absolute atomic E-state index is 13.5. The van der Waals surface area contributed by atoms with Gasteiger partial charge in [-0.3, -0.25) is 9.89 Å². The highest BCUT2D eigenvalue weighted by atomic mass is 79.9. The van der Waals surface area contributed by atoms with Gasteiger partial charge in [0.1, 0.15) is 5.75 Å². The summed E-state index contributed by atoms with van der Waals surface area (Å²) in [5.41, 5.74) is 5.04. The molecule has 0 aliphatic rings. The van der Waals surface area contributed by atoms with Gasteiger partial charge < -0.3 is 10.1 Å². The first-order valence-electron chi connectivity index (χ1n) is 10.7. The Morgan fingerprint density at radius 3 is 2.50 bits per heavy atom. The highest BCUT2D eigenvalue weighted by Gasteiger charge is 2.21. The van der Waals surface area contributed by atoms with Gasteiger partial charge in [0.05, 0.1) is 29.4 Å². The van der Waals surface area contributed by atoms with Crippen LogP contribution in [0.2, 0.25) is 0 Å². The number of aromatic amines is 1. The van der Waals surface area contributed by atoms with Crippen LogP contribution in [0.3, 0.4) is 0 Å². The molecular formula is C27H21BrN4O2. The van der Waals surface area contributed by atoms with Crippen LogP contribution in [0.4, 0.5) is 0 Å². The number of nitrogens with zero attached hydrogens (tertiary/aromatic N) is 2. The number of benzene rings is 3. The van der Waals surface area contributed by atoms with Gasteiger partial charge in [0, 0.05) is 22.1 Å². The van der Waals surface area contributed by atoms with E-state index < -0.39 is 0 Å². The summed E-state index contributed by atoms with van der Waals surface area (Å²) in [4.78, 5) is 18.3. The van der Waals surface area contributed by atoms with Crippen LogP contribution < -0.4 is 10.1 Å². The number of pyridine rings is 1. The second-order valence-electron chi connectivity index (χ2n) is 7.73. The van der Waals surface area contributed by atoms with Crippen LogP contribution in [0.5, 0.6) is 5.75 Å². The smallest absolute Gasteiger partial charge is 0.252 e. The van der Waals surface area contributed by atoms with E-state index in [2.05, 4.69) is 31.4 Å². The topological polar surface area (TPSA) is 79.9 Å². The Morgan fingerprint density at radius 2 is 1.74 bits per heavy atom. The van der Waals surface area contributed by atoms with E-state index in [4.69, 9.17) is 9.72 Å². The summed E-state index contributed by atoms with van der Waals surface area (Å²) in [7, 11) is 1.62. The van der Waals surface area contributed by atoms with Gasteiger partial charge in [0.2, 0.25) is 0 Å². The zero-order valence-corrected chi connectivity index (χ0v) is 20.0. The first kappa shape index (κ1) is 21.9. The lowest BCUT2D eigenvalue weighted by atomic mass is 10.0. The summed E-state index contributed by atoms with van der Waals surface area (Å²) in [6.07, 6.45) is 0. The molecule has 0 saturated heterocycles. The molecule has 0 spiro atoms. The van der Waals surface area contributed by atoms with Gasteiger partial charge in [0.15, 0.2) is 5.65 Å². The van der Waals surface area contributed by atoms with Crippen molar-refractivity contribution in [1.29, 1.82) is 0 Å². The molecular weight excluding hydrogens is 492 g/mol. The number of H-pyrrole nitrogens is 1. The van der Waals surface area contributed by atoms with Crippen LogP contribution >= 0.6 is 15.9 Å². The minimum absolute atomic E-state index is 0.202. The van der Waals surface area contributed by atoms with Crippen molar-refractivity contribution in [2.75, 3.05) is 7.11 Å². The molecule has 2 aromatic heterocycles. The van der Waals surface area contributed by atoms with Crippen molar-refractivity contribution < 1.29 is 9.53 Å². The Kier molecular flexibility index (Phi) is 6.10. The molecule has 5 aromatic rings. The molecule has 168 valence electrons. The molecule has 34 heavy (non-hydrogen) atoms. The fourth-order valence-electron chi connectivity index (χ4n) is 3.90. The third-order valence-electron chi connectivity index (χ3n) is 5.58. The van der Waals surface area contributed by atoms with Gasteiger partial charge >= 0.3 is 0 Å². The molecule has 0 bridgehead atoms. The van der Waals surface area contributed by atoms with Crippen LogP contribution in [0.15, 0.2) is 89.4 Å². The summed E-state index contributed by atoms with van der Waals surface area (Å²) in [6, 6.07) is 27.1. The third kappa shape index (κ3) is 4.30. The number of ether oxygens (including phenoxy) is 1. The summed E-state index contributed by atoms with van der Waals surface area (Å²) >= 11 is 3.47. The largest absolute Gasteiger partial charge is 0.496 e. The molecule has 0 unspecified atom stereocenters. The Labute approximate surface area is 205 Å². The number of fused-ring (bicyclic) bond motifs is 1. The van der Waals surface area contributed by atoms with Crippen molar-refractivity contribution in [1.82, 2.24) is 20.5 Å². The van der Waals surface area contributed by atoms with E-state index in [9.17, 15) is 4.79 Å². The number of hydrogen-bond donors (Lipinski definition) is 2. The summed E-state index contributed by atoms with van der Waals surface area (Å²) in [5.74, 6) is 0.473. The fraction of sp³-hybridized carbons (Fsp3) is 0.0741. The SMILES string of the molecule is COc1ccccc1-c1cc(C(=O)NCc2ccccc2)c2c(-c3ccc(Br)cc3)[nH]nc2n1. The Bertz CT molecular complexity index is 1460. The first-order chi connectivity index (χ1) is 16.6. The molecule has 0 aliphatic heterocycles. The van der Waals surface area contributed by atoms with E-state index in [0.29, 0.717) is 34.6 Å². The summed E-state index contributed by atoms with van der Waals surface area (Å²) in [6.45, 7) is 0.416. The molecule has 2 heterocycles. The number of halogens is 1. The highest BCUT2D eigenvalue weighted by Crippen LogP contribution is 2.34. The first-order valence-corrected chi connectivity index (χ1v) is 11.5. The minimum Gasteiger partial charge on any atom is -0.496 e. The monoisotopic (exact) mass is 512 g/mol. The second kappa shape index (κ2) is 9.49. The number of methoxy groups -OCH3 is 1. The van der Waals surface area contributed by atoms with Crippen LogP contribution in [0.25, 0.3) is 33.5 Å². The van der Waals surface area contributed by atoms with Crippen molar-refractivity contribution in [3.05, 3.63) is 101 Å². The number of hydrogen-bond acceptors (Lipinski definition) is 4. The van der Waals surface area contributed by atoms with Gasteiger partial charge in [-0.05, 0) is 35.9 Å². The third-order valence-corrected chi connectivity index (χ3v) is 6.11. The van der Waals surface area contributed by atoms with Crippen LogP contribution in [0.1, 0.15) is 15.9 Å². The van der Waals surface area contributed by atoms with Crippen molar-refractivity contribution in [3.63, 3.8) is 0 Å². The minimum atomic E-state index is -0.202. The Morgan fingerprint density at radius 1 is 1.00 bits per heavy atom. The molecule has 0 aliphatic carbocycles. The Hall–Kier alpha value is -3.97. The average Bonchev–Trinajstić information content (AvgIpc) is 3.32. The lowest BCUT2D eigenvalue weighted by molar-refractivity contribution is 0.0952. The number of rotatable bonds is 6. The molecule has 5 rings (SSSR count). The lowest BCUT2D eigenvalue weighted by Crippen LogP contribution is -2.23. The number of carbonyl (C=O) groups is 1. The van der Waals surface area contributed by atoms with Gasteiger partial charge in [0.25, 0.3) is 5.91 Å². The van der Waals surface area contributed by atoms with E-state index >= 15 is 0 Å². The number of para-hydroxylation sites is 1. The zero-order valence-electron chi connectivity index (χ0n) is 18.4. The molecule has 6 nitrogen and oxygen atoms in total. The zero-order chi connectivity index (χ0) is 23.5. The van der Waals surface area contributed by atoms with Gasteiger partial charge in [-0.2, -0.15) is 5.10 Å². The Balaban J connectivity index is 1.64. The normalized spacial score (nSPS) is 10.9. The second-order valence-corrected chi connectivity index (χ2v) is 8.64. The molecule has 0 atom stereocenters. The van der Waals surface area contributed by atoms with E-state index in [1.807, 2.05) is 78.9 Å². The highest BCUT2D eigenvalue weighted by molar-refractivity contribution is 9.10. The predicted molar refractivity (Wildman–Crippen MR) is 137 cm³/mol. The molecule has 0 radical (unpaired) electrons. The van der Waals surface area contributed by atoms with Crippen molar-refractivity contribution >= 4 is 32.9 Å². The van der Waals surface area contributed by atoms with E-state index in [-0.39, 0.29) is 5.91 Å². The van der Waals surface area contributed by atoms with Gasteiger partial charge in [-0.1, -0.05) is 70.5 Å².